The molecule has 0 fully saturated rings. The molecule has 0 saturated heterocycles. The van der Waals surface area contributed by atoms with E-state index >= 15 is 0 Å². The number of hydrogen-bond acceptors (Lipinski definition) is 4. The predicted molar refractivity (Wildman–Crippen MR) is 79.9 cm³/mol. The van der Waals surface area contributed by atoms with Gasteiger partial charge < -0.3 is 15.4 Å². The van der Waals surface area contributed by atoms with Crippen LogP contribution in [0.5, 0.6) is 0 Å². The van der Waals surface area contributed by atoms with Gasteiger partial charge in [0, 0.05) is 25.8 Å². The molecule has 0 rings (SSSR count). The smallest absolute Gasteiger partial charge is 0.407 e. The quantitative estimate of drug-likeness (QED) is 0.524. The fraction of sp³-hybridized carbons (Fsp3) is 0.714. The molecule has 5 nitrogen and oxygen atoms in total. The van der Waals surface area contributed by atoms with Crippen molar-refractivity contribution in [1.29, 1.82) is 0 Å². The Bertz CT molecular complexity index is 294. The highest BCUT2D eigenvalue weighted by atomic mass is 16.6. The van der Waals surface area contributed by atoms with Crippen LogP contribution in [0.3, 0.4) is 0 Å². The maximum absolute atomic E-state index is 11.3. The van der Waals surface area contributed by atoms with Crippen molar-refractivity contribution in [3.63, 3.8) is 0 Å². The van der Waals surface area contributed by atoms with Crippen LogP contribution in [-0.2, 0) is 4.74 Å². The van der Waals surface area contributed by atoms with Gasteiger partial charge in [-0.3, -0.25) is 4.99 Å². The summed E-state index contributed by atoms with van der Waals surface area (Å²) >= 11 is 0. The Morgan fingerprint density at radius 3 is 2.63 bits per heavy atom. The molecule has 0 spiro atoms. The SMILES string of the molecule is C/C=C\C=N/CCCNCCNC(=O)OC(C)(C)C. The van der Waals surface area contributed by atoms with Crippen molar-refractivity contribution in [2.45, 2.75) is 39.7 Å². The lowest BCUT2D eigenvalue weighted by Crippen LogP contribution is -2.36. The van der Waals surface area contributed by atoms with Gasteiger partial charge >= 0.3 is 6.09 Å². The lowest BCUT2D eigenvalue weighted by molar-refractivity contribution is 0.0528. The Balaban J connectivity index is 3.34. The Labute approximate surface area is 116 Å². The standard InChI is InChI=1S/C14H27N3O2/c1-5-6-8-15-9-7-10-16-11-12-17-13(18)19-14(2,3)4/h5-6,8,16H,7,9-12H2,1-4H3,(H,17,18)/b6-5-,15-8-. The summed E-state index contributed by atoms with van der Waals surface area (Å²) in [5.41, 5.74) is -0.442. The number of ether oxygens (including phenoxy) is 1. The van der Waals surface area contributed by atoms with Crippen LogP contribution in [0.2, 0.25) is 0 Å². The first-order valence-electron chi connectivity index (χ1n) is 6.74. The molecule has 5 heteroatoms. The van der Waals surface area contributed by atoms with Crippen molar-refractivity contribution < 1.29 is 9.53 Å². The Morgan fingerprint density at radius 1 is 1.26 bits per heavy atom. The third-order valence-corrected chi connectivity index (χ3v) is 1.99. The second-order valence-electron chi connectivity index (χ2n) is 5.11. The number of nitrogens with one attached hydrogen (secondary N) is 2. The molecule has 0 bridgehead atoms. The summed E-state index contributed by atoms with van der Waals surface area (Å²) in [6, 6.07) is 0. The second kappa shape index (κ2) is 10.6. The third-order valence-electron chi connectivity index (χ3n) is 1.99. The summed E-state index contributed by atoms with van der Waals surface area (Å²) in [7, 11) is 0. The molecule has 19 heavy (non-hydrogen) atoms. The Hall–Kier alpha value is -1.36. The molecule has 0 aliphatic rings. The van der Waals surface area contributed by atoms with Crippen LogP contribution >= 0.6 is 0 Å². The third kappa shape index (κ3) is 14.6. The molecule has 0 aliphatic carbocycles. The van der Waals surface area contributed by atoms with Gasteiger partial charge in [0.2, 0.25) is 0 Å². The van der Waals surface area contributed by atoms with E-state index < -0.39 is 5.60 Å². The van der Waals surface area contributed by atoms with Gasteiger partial charge in [-0.15, -0.1) is 0 Å². The molecule has 0 aromatic rings. The maximum atomic E-state index is 11.3. The molecule has 0 aromatic carbocycles. The topological polar surface area (TPSA) is 62.7 Å². The van der Waals surface area contributed by atoms with Gasteiger partial charge in [-0.2, -0.15) is 0 Å². The minimum atomic E-state index is -0.442. The normalized spacial score (nSPS) is 12.2. The first kappa shape index (κ1) is 17.6. The van der Waals surface area contributed by atoms with Crippen molar-refractivity contribution in [2.24, 2.45) is 4.99 Å². The molecular weight excluding hydrogens is 242 g/mol. The second-order valence-corrected chi connectivity index (χ2v) is 5.11. The number of carbonyl (C=O) groups excluding carboxylic acids is 1. The number of carbonyl (C=O) groups is 1. The first-order valence-corrected chi connectivity index (χ1v) is 6.74. The van der Waals surface area contributed by atoms with Gasteiger partial charge in [0.25, 0.3) is 0 Å². The van der Waals surface area contributed by atoms with Crippen molar-refractivity contribution in [1.82, 2.24) is 10.6 Å². The molecule has 0 saturated carbocycles. The highest BCUT2D eigenvalue weighted by molar-refractivity contribution is 5.70. The number of nitrogens with zero attached hydrogens (tertiary/aromatic N) is 1. The monoisotopic (exact) mass is 269 g/mol. The van der Waals surface area contributed by atoms with E-state index in [1.54, 1.807) is 0 Å². The fourth-order valence-corrected chi connectivity index (χ4v) is 1.21. The fourth-order valence-electron chi connectivity index (χ4n) is 1.21. The number of rotatable bonds is 8. The van der Waals surface area contributed by atoms with E-state index in [2.05, 4.69) is 15.6 Å². The van der Waals surface area contributed by atoms with E-state index in [0.717, 1.165) is 26.1 Å². The van der Waals surface area contributed by atoms with Crippen LogP contribution in [0.15, 0.2) is 17.1 Å². The average Bonchev–Trinajstić information content (AvgIpc) is 2.29. The van der Waals surface area contributed by atoms with E-state index in [1.165, 1.54) is 0 Å². The van der Waals surface area contributed by atoms with Crippen LogP contribution in [0, 0.1) is 0 Å². The van der Waals surface area contributed by atoms with Crippen LogP contribution < -0.4 is 10.6 Å². The first-order chi connectivity index (χ1) is 8.95. The molecule has 2 N–H and O–H groups in total. The van der Waals surface area contributed by atoms with E-state index in [1.807, 2.05) is 46.1 Å². The summed E-state index contributed by atoms with van der Waals surface area (Å²) in [5.74, 6) is 0. The predicted octanol–water partition coefficient (Wildman–Crippen LogP) is 2.14. The lowest BCUT2D eigenvalue weighted by atomic mass is 10.2. The molecule has 0 unspecified atom stereocenters. The zero-order valence-electron chi connectivity index (χ0n) is 12.5. The Morgan fingerprint density at radius 2 is 2.00 bits per heavy atom. The number of allylic oxidation sites excluding steroid dienone is 2. The zero-order valence-corrected chi connectivity index (χ0v) is 12.5. The number of amides is 1. The van der Waals surface area contributed by atoms with Crippen molar-refractivity contribution in [2.75, 3.05) is 26.2 Å². The van der Waals surface area contributed by atoms with Gasteiger partial charge in [0.15, 0.2) is 0 Å². The van der Waals surface area contributed by atoms with Gasteiger partial charge in [0.05, 0.1) is 0 Å². The molecule has 0 atom stereocenters. The number of aliphatic imine (C=N–C) groups is 1. The molecule has 1 amide bonds. The van der Waals surface area contributed by atoms with Crippen LogP contribution in [0.25, 0.3) is 0 Å². The summed E-state index contributed by atoms with van der Waals surface area (Å²) in [4.78, 5) is 15.5. The molecule has 0 radical (unpaired) electrons. The van der Waals surface area contributed by atoms with E-state index in [4.69, 9.17) is 4.74 Å². The van der Waals surface area contributed by atoms with Crippen molar-refractivity contribution in [3.05, 3.63) is 12.2 Å². The highest BCUT2D eigenvalue weighted by Gasteiger charge is 2.15. The summed E-state index contributed by atoms with van der Waals surface area (Å²) < 4.78 is 5.12. The molecule has 0 heterocycles. The maximum Gasteiger partial charge on any atom is 0.407 e. The largest absolute Gasteiger partial charge is 0.444 e. The van der Waals surface area contributed by atoms with Crippen molar-refractivity contribution in [3.8, 4) is 0 Å². The van der Waals surface area contributed by atoms with Gasteiger partial charge in [0.1, 0.15) is 5.60 Å². The summed E-state index contributed by atoms with van der Waals surface area (Å²) in [6.07, 6.45) is 6.29. The van der Waals surface area contributed by atoms with E-state index in [-0.39, 0.29) is 6.09 Å². The lowest BCUT2D eigenvalue weighted by Gasteiger charge is -2.19. The van der Waals surface area contributed by atoms with Gasteiger partial charge in [-0.25, -0.2) is 4.79 Å². The van der Waals surface area contributed by atoms with Crippen LogP contribution in [0.1, 0.15) is 34.1 Å². The minimum Gasteiger partial charge on any atom is -0.444 e. The van der Waals surface area contributed by atoms with E-state index in [0.29, 0.717) is 6.54 Å². The average molecular weight is 269 g/mol. The molecule has 0 aromatic heterocycles. The van der Waals surface area contributed by atoms with Crippen LogP contribution in [0.4, 0.5) is 4.79 Å². The summed E-state index contributed by atoms with van der Waals surface area (Å²) in [5, 5.41) is 5.93. The number of hydrogen-bond donors (Lipinski definition) is 2. The molecular formula is C14H27N3O2. The van der Waals surface area contributed by atoms with Gasteiger partial charge in [-0.05, 0) is 46.7 Å². The molecule has 110 valence electrons. The van der Waals surface area contributed by atoms with Crippen molar-refractivity contribution >= 4 is 12.3 Å². The van der Waals surface area contributed by atoms with E-state index in [9.17, 15) is 4.79 Å². The van der Waals surface area contributed by atoms with Crippen LogP contribution in [-0.4, -0.2) is 44.1 Å². The molecule has 0 aliphatic heterocycles. The highest BCUT2D eigenvalue weighted by Crippen LogP contribution is 2.05. The zero-order chi connectivity index (χ0) is 14.6. The Kier molecular flexibility index (Phi) is 9.80. The number of alkyl carbamates (subject to hydrolysis) is 1. The van der Waals surface area contributed by atoms with Gasteiger partial charge in [-0.1, -0.05) is 6.08 Å². The summed E-state index contributed by atoms with van der Waals surface area (Å²) in [6.45, 7) is 10.5. The minimum absolute atomic E-state index is 0.370.